The lowest BCUT2D eigenvalue weighted by molar-refractivity contribution is 0.521. The molecule has 2 nitrogen and oxygen atoms in total. The van der Waals surface area contributed by atoms with E-state index in [4.69, 9.17) is 5.73 Å². The molecule has 1 atom stereocenters. The van der Waals surface area contributed by atoms with Crippen LogP contribution in [-0.4, -0.2) is 19.3 Å². The Morgan fingerprint density at radius 3 is 2.89 bits per heavy atom. The fourth-order valence-electron chi connectivity index (χ4n) is 2.75. The van der Waals surface area contributed by atoms with Gasteiger partial charge in [-0.1, -0.05) is 13.0 Å². The van der Waals surface area contributed by atoms with Gasteiger partial charge in [-0.3, -0.25) is 0 Å². The highest BCUT2D eigenvalue weighted by molar-refractivity contribution is 7.98. The molecule has 1 aliphatic rings. The standard InChI is InChI=1S/C15H24N2S/c1-12-5-4-9-17(10-8-12)14-6-3-7-15(18-2)13(14)11-16/h3,6-7,12H,4-5,8-11,16H2,1-2H3. The minimum Gasteiger partial charge on any atom is -0.371 e. The molecule has 1 saturated heterocycles. The van der Waals surface area contributed by atoms with Crippen molar-refractivity contribution in [2.45, 2.75) is 37.6 Å². The van der Waals surface area contributed by atoms with Crippen LogP contribution in [0, 0.1) is 5.92 Å². The minimum atomic E-state index is 0.637. The van der Waals surface area contributed by atoms with Crippen molar-refractivity contribution in [2.75, 3.05) is 24.2 Å². The number of rotatable bonds is 3. The van der Waals surface area contributed by atoms with E-state index in [1.54, 1.807) is 11.8 Å². The highest BCUT2D eigenvalue weighted by atomic mass is 32.2. The number of nitrogens with two attached hydrogens (primary N) is 1. The average Bonchev–Trinajstić information content (AvgIpc) is 2.62. The van der Waals surface area contributed by atoms with Crippen LogP contribution >= 0.6 is 11.8 Å². The molecule has 18 heavy (non-hydrogen) atoms. The van der Waals surface area contributed by atoms with Crippen LogP contribution in [0.4, 0.5) is 5.69 Å². The summed E-state index contributed by atoms with van der Waals surface area (Å²) in [7, 11) is 0. The summed E-state index contributed by atoms with van der Waals surface area (Å²) in [6, 6.07) is 6.57. The zero-order chi connectivity index (χ0) is 13.0. The zero-order valence-corrected chi connectivity index (χ0v) is 12.3. The van der Waals surface area contributed by atoms with Crippen molar-refractivity contribution in [1.29, 1.82) is 0 Å². The number of benzene rings is 1. The molecule has 100 valence electrons. The summed E-state index contributed by atoms with van der Waals surface area (Å²) >= 11 is 1.80. The molecule has 1 aliphatic heterocycles. The second kappa shape index (κ2) is 6.48. The van der Waals surface area contributed by atoms with Gasteiger partial charge in [-0.15, -0.1) is 11.8 Å². The molecule has 0 bridgehead atoms. The summed E-state index contributed by atoms with van der Waals surface area (Å²) in [6.07, 6.45) is 6.08. The van der Waals surface area contributed by atoms with Gasteiger partial charge in [-0.2, -0.15) is 0 Å². The summed E-state index contributed by atoms with van der Waals surface area (Å²) in [4.78, 5) is 3.86. The van der Waals surface area contributed by atoms with Gasteiger partial charge >= 0.3 is 0 Å². The Balaban J connectivity index is 2.26. The van der Waals surface area contributed by atoms with Crippen molar-refractivity contribution in [1.82, 2.24) is 0 Å². The second-order valence-electron chi connectivity index (χ2n) is 5.19. The van der Waals surface area contributed by atoms with Crippen LogP contribution in [0.5, 0.6) is 0 Å². The maximum Gasteiger partial charge on any atom is 0.0423 e. The van der Waals surface area contributed by atoms with Crippen LogP contribution in [0.2, 0.25) is 0 Å². The third-order valence-electron chi connectivity index (χ3n) is 3.89. The third kappa shape index (κ3) is 3.01. The molecular formula is C15H24N2S. The topological polar surface area (TPSA) is 29.3 Å². The smallest absolute Gasteiger partial charge is 0.0423 e. The van der Waals surface area contributed by atoms with E-state index in [0.29, 0.717) is 6.54 Å². The third-order valence-corrected chi connectivity index (χ3v) is 4.71. The highest BCUT2D eigenvalue weighted by Gasteiger charge is 2.17. The molecule has 0 spiro atoms. The SMILES string of the molecule is CSc1cccc(N2CCCC(C)CC2)c1CN. The van der Waals surface area contributed by atoms with Crippen molar-refractivity contribution in [3.05, 3.63) is 23.8 Å². The maximum atomic E-state index is 5.96. The lowest BCUT2D eigenvalue weighted by atomic mass is 10.0. The first-order valence-corrected chi connectivity index (χ1v) is 8.09. The van der Waals surface area contributed by atoms with E-state index in [9.17, 15) is 0 Å². The quantitative estimate of drug-likeness (QED) is 0.847. The average molecular weight is 264 g/mol. The van der Waals surface area contributed by atoms with E-state index >= 15 is 0 Å². The van der Waals surface area contributed by atoms with Gasteiger partial charge in [0.15, 0.2) is 0 Å². The Morgan fingerprint density at radius 2 is 2.17 bits per heavy atom. The Kier molecular flexibility index (Phi) is 4.95. The number of nitrogens with zero attached hydrogens (tertiary/aromatic N) is 1. The van der Waals surface area contributed by atoms with Crippen LogP contribution in [-0.2, 0) is 6.54 Å². The highest BCUT2D eigenvalue weighted by Crippen LogP contribution is 2.31. The van der Waals surface area contributed by atoms with Crippen LogP contribution in [0.25, 0.3) is 0 Å². The van der Waals surface area contributed by atoms with E-state index in [-0.39, 0.29) is 0 Å². The largest absolute Gasteiger partial charge is 0.371 e. The van der Waals surface area contributed by atoms with Crippen LogP contribution < -0.4 is 10.6 Å². The Labute approximate surface area is 115 Å². The van der Waals surface area contributed by atoms with Gasteiger partial charge in [0.25, 0.3) is 0 Å². The number of anilines is 1. The van der Waals surface area contributed by atoms with Gasteiger partial charge in [0.05, 0.1) is 0 Å². The van der Waals surface area contributed by atoms with Gasteiger partial charge < -0.3 is 10.6 Å². The van der Waals surface area contributed by atoms with E-state index in [2.05, 4.69) is 36.3 Å². The van der Waals surface area contributed by atoms with Gasteiger partial charge in [-0.05, 0) is 43.6 Å². The molecule has 1 aromatic carbocycles. The molecule has 0 saturated carbocycles. The van der Waals surface area contributed by atoms with E-state index in [1.807, 2.05) is 0 Å². The molecule has 1 unspecified atom stereocenters. The van der Waals surface area contributed by atoms with Crippen molar-refractivity contribution in [3.63, 3.8) is 0 Å². The van der Waals surface area contributed by atoms with E-state index < -0.39 is 0 Å². The predicted octanol–water partition coefficient (Wildman–Crippen LogP) is 3.49. The Morgan fingerprint density at radius 1 is 1.33 bits per heavy atom. The maximum absolute atomic E-state index is 5.96. The normalized spacial score (nSPS) is 20.8. The zero-order valence-electron chi connectivity index (χ0n) is 11.5. The Hall–Kier alpha value is -0.670. The van der Waals surface area contributed by atoms with Crippen molar-refractivity contribution >= 4 is 17.4 Å². The van der Waals surface area contributed by atoms with Crippen molar-refractivity contribution in [2.24, 2.45) is 11.7 Å². The first kappa shape index (κ1) is 13.8. The molecule has 0 aliphatic carbocycles. The minimum absolute atomic E-state index is 0.637. The first-order chi connectivity index (χ1) is 8.76. The number of hydrogen-bond acceptors (Lipinski definition) is 3. The second-order valence-corrected chi connectivity index (χ2v) is 6.03. The van der Waals surface area contributed by atoms with Gasteiger partial charge in [0.1, 0.15) is 0 Å². The molecule has 1 fully saturated rings. The molecular weight excluding hydrogens is 240 g/mol. The van der Waals surface area contributed by atoms with E-state index in [1.165, 1.54) is 48.5 Å². The summed E-state index contributed by atoms with van der Waals surface area (Å²) in [6.45, 7) is 5.35. The molecule has 3 heteroatoms. The fourth-order valence-corrected chi connectivity index (χ4v) is 3.40. The van der Waals surface area contributed by atoms with Gasteiger partial charge in [0, 0.05) is 35.8 Å². The predicted molar refractivity (Wildman–Crippen MR) is 81.3 cm³/mol. The van der Waals surface area contributed by atoms with Gasteiger partial charge in [-0.25, -0.2) is 0 Å². The molecule has 0 radical (unpaired) electrons. The molecule has 0 aromatic heterocycles. The van der Waals surface area contributed by atoms with Crippen molar-refractivity contribution < 1.29 is 0 Å². The lowest BCUT2D eigenvalue weighted by Gasteiger charge is -2.26. The van der Waals surface area contributed by atoms with Crippen LogP contribution in [0.15, 0.2) is 23.1 Å². The summed E-state index contributed by atoms with van der Waals surface area (Å²) in [5.74, 6) is 0.861. The fraction of sp³-hybridized carbons (Fsp3) is 0.600. The monoisotopic (exact) mass is 264 g/mol. The molecule has 1 aromatic rings. The summed E-state index contributed by atoms with van der Waals surface area (Å²) < 4.78 is 0. The number of thioether (sulfide) groups is 1. The van der Waals surface area contributed by atoms with Crippen LogP contribution in [0.1, 0.15) is 31.7 Å². The van der Waals surface area contributed by atoms with E-state index in [0.717, 1.165) is 5.92 Å². The molecule has 2 rings (SSSR count). The number of hydrogen-bond donors (Lipinski definition) is 1. The molecule has 2 N–H and O–H groups in total. The molecule has 1 heterocycles. The summed E-state index contributed by atoms with van der Waals surface area (Å²) in [5, 5.41) is 0. The summed E-state index contributed by atoms with van der Waals surface area (Å²) in [5.41, 5.74) is 8.64. The lowest BCUT2D eigenvalue weighted by Crippen LogP contribution is -2.26. The first-order valence-electron chi connectivity index (χ1n) is 6.87. The van der Waals surface area contributed by atoms with Crippen LogP contribution in [0.3, 0.4) is 0 Å². The van der Waals surface area contributed by atoms with Gasteiger partial charge in [0.2, 0.25) is 0 Å². The Bertz CT molecular complexity index is 392. The molecule has 0 amide bonds. The van der Waals surface area contributed by atoms with Crippen molar-refractivity contribution in [3.8, 4) is 0 Å².